The summed E-state index contributed by atoms with van der Waals surface area (Å²) in [6.07, 6.45) is 10.3. The van der Waals surface area contributed by atoms with E-state index in [1.807, 2.05) is 0 Å². The number of fused-ring (bicyclic) bond motifs is 1. The van der Waals surface area contributed by atoms with Gasteiger partial charge in [-0.3, -0.25) is 14.3 Å². The maximum absolute atomic E-state index is 13.8. The summed E-state index contributed by atoms with van der Waals surface area (Å²) in [5.41, 5.74) is 2.78. The monoisotopic (exact) mass is 594 g/mol. The van der Waals surface area contributed by atoms with Gasteiger partial charge in [-0.25, -0.2) is 33.3 Å². The lowest BCUT2D eigenvalue weighted by atomic mass is 10.1. The number of sulfone groups is 1. The molecule has 0 spiro atoms. The quantitative estimate of drug-likeness (QED) is 0.290. The molecule has 14 heteroatoms. The highest BCUT2D eigenvalue weighted by atomic mass is 32.2. The van der Waals surface area contributed by atoms with E-state index in [-0.39, 0.29) is 34.6 Å². The van der Waals surface area contributed by atoms with Gasteiger partial charge >= 0.3 is 0 Å². The molecule has 4 heterocycles. The zero-order valence-corrected chi connectivity index (χ0v) is 24.6. The van der Waals surface area contributed by atoms with Crippen molar-refractivity contribution < 1.29 is 18.3 Å². The maximum atomic E-state index is 13.8. The van der Waals surface area contributed by atoms with Crippen molar-refractivity contribution in [1.82, 2.24) is 34.5 Å². The minimum absolute atomic E-state index is 0.00372. The minimum atomic E-state index is -3.34. The number of anilines is 1. The van der Waals surface area contributed by atoms with E-state index in [1.165, 1.54) is 18.6 Å². The number of pyridine rings is 1. The van der Waals surface area contributed by atoms with Gasteiger partial charge in [0.15, 0.2) is 27.1 Å². The number of nitrogens with one attached hydrogen (secondary N) is 1. The summed E-state index contributed by atoms with van der Waals surface area (Å²) < 4.78 is 31.5. The van der Waals surface area contributed by atoms with Crippen LogP contribution in [0.25, 0.3) is 22.6 Å². The summed E-state index contributed by atoms with van der Waals surface area (Å²) in [4.78, 5) is 41.1. The zero-order valence-electron chi connectivity index (χ0n) is 23.8. The molecule has 2 aliphatic carbocycles. The zero-order chi connectivity index (χ0) is 29.9. The number of hydrogen-bond acceptors (Lipinski definition) is 12. The summed E-state index contributed by atoms with van der Waals surface area (Å²) in [5, 5.41) is 10.1. The second-order valence-corrected chi connectivity index (χ2v) is 12.4. The van der Waals surface area contributed by atoms with Crippen LogP contribution in [-0.2, 0) is 16.4 Å². The molecule has 0 aliphatic heterocycles. The van der Waals surface area contributed by atoms with E-state index in [9.17, 15) is 13.2 Å². The molecule has 0 aromatic carbocycles. The number of ether oxygens (including phenoxy) is 1. The van der Waals surface area contributed by atoms with Crippen molar-refractivity contribution in [2.75, 3.05) is 25.3 Å². The van der Waals surface area contributed by atoms with Crippen molar-refractivity contribution in [2.24, 2.45) is 0 Å². The summed E-state index contributed by atoms with van der Waals surface area (Å²) >= 11 is 0. The summed E-state index contributed by atoms with van der Waals surface area (Å²) in [5.74, 6) is 1.30. The Morgan fingerprint density at radius 3 is 2.43 bits per heavy atom. The predicted octanol–water partition coefficient (Wildman–Crippen LogP) is 3.05. The minimum Gasteiger partial charge on any atom is -0.480 e. The number of rotatable bonds is 9. The molecule has 0 atom stereocenters. The van der Waals surface area contributed by atoms with E-state index in [1.54, 1.807) is 30.9 Å². The largest absolute Gasteiger partial charge is 0.480 e. The Morgan fingerprint density at radius 1 is 1.02 bits per heavy atom. The molecule has 2 aliphatic rings. The van der Waals surface area contributed by atoms with E-state index in [4.69, 9.17) is 14.8 Å². The highest BCUT2D eigenvalue weighted by molar-refractivity contribution is 7.91. The van der Waals surface area contributed by atoms with Crippen LogP contribution in [0, 0.1) is 0 Å². The third-order valence-electron chi connectivity index (χ3n) is 7.52. The van der Waals surface area contributed by atoms with Crippen LogP contribution >= 0.6 is 0 Å². The molecule has 0 amide bonds. The number of aromatic nitrogens is 7. The first-order chi connectivity index (χ1) is 20.4. The molecule has 4 aromatic heterocycles. The van der Waals surface area contributed by atoms with Crippen molar-refractivity contribution in [3.05, 3.63) is 52.6 Å². The summed E-state index contributed by atoms with van der Waals surface area (Å²) in [7, 11) is -0.781. The van der Waals surface area contributed by atoms with Gasteiger partial charge in [0, 0.05) is 25.3 Å². The van der Waals surface area contributed by atoms with E-state index in [0.29, 0.717) is 40.0 Å². The fourth-order valence-electron chi connectivity index (χ4n) is 5.19. The fourth-order valence-corrected chi connectivity index (χ4v) is 6.01. The van der Waals surface area contributed by atoms with Crippen LogP contribution in [0.2, 0.25) is 0 Å². The first-order valence-electron chi connectivity index (χ1n) is 13.9. The van der Waals surface area contributed by atoms with E-state index >= 15 is 0 Å². The Kier molecular flexibility index (Phi) is 8.73. The number of nitrogens with zero attached hydrogens (tertiary/aromatic N) is 7. The second kappa shape index (κ2) is 12.4. The second-order valence-electron chi connectivity index (χ2n) is 10.1. The van der Waals surface area contributed by atoms with Gasteiger partial charge in [0.25, 0.3) is 5.56 Å². The molecule has 0 bridgehead atoms. The normalized spacial score (nSPS) is 15.3. The van der Waals surface area contributed by atoms with Crippen LogP contribution in [0.3, 0.4) is 0 Å². The van der Waals surface area contributed by atoms with Gasteiger partial charge in [0.2, 0.25) is 5.88 Å². The highest BCUT2D eigenvalue weighted by Gasteiger charge is 2.32. The summed E-state index contributed by atoms with van der Waals surface area (Å²) in [6.45, 7) is 1.79. The molecule has 4 aromatic rings. The molecule has 13 nitrogen and oxygen atoms in total. The van der Waals surface area contributed by atoms with E-state index in [0.717, 1.165) is 51.3 Å². The SMILES string of the molecule is CCS(=O)(=O)c1ccc(CNc2nc3cnc(-c4c(OC)ncnc4C4CC4)nc3n(C3CCCC3)c2=O)nc1.CO. The molecule has 2 fully saturated rings. The molecule has 2 saturated carbocycles. The highest BCUT2D eigenvalue weighted by Crippen LogP contribution is 2.45. The molecule has 2 N–H and O–H groups in total. The molecule has 0 saturated heterocycles. The maximum Gasteiger partial charge on any atom is 0.295 e. The number of hydrogen-bond donors (Lipinski definition) is 2. The van der Waals surface area contributed by atoms with Crippen LogP contribution in [0.15, 0.2) is 40.5 Å². The van der Waals surface area contributed by atoms with E-state index < -0.39 is 9.84 Å². The Hall–Kier alpha value is -4.04. The Balaban J connectivity index is 0.00000173. The number of aliphatic hydroxyl groups is 1. The lowest BCUT2D eigenvalue weighted by Gasteiger charge is -2.18. The Labute approximate surface area is 243 Å². The first kappa shape index (κ1) is 29.5. The van der Waals surface area contributed by atoms with E-state index in [2.05, 4.69) is 30.2 Å². The molecule has 0 unspecified atom stereocenters. The van der Waals surface area contributed by atoms with Crippen LogP contribution in [-0.4, -0.2) is 68.0 Å². The van der Waals surface area contributed by atoms with Gasteiger partial charge in [-0.05, 0) is 37.8 Å². The Bertz CT molecular complexity index is 1730. The van der Waals surface area contributed by atoms with Crippen LogP contribution in [0.5, 0.6) is 5.88 Å². The van der Waals surface area contributed by atoms with Crippen molar-refractivity contribution in [2.45, 2.75) is 68.8 Å². The lowest BCUT2D eigenvalue weighted by molar-refractivity contribution is 0.397. The van der Waals surface area contributed by atoms with Crippen LogP contribution < -0.4 is 15.6 Å². The number of methoxy groups -OCH3 is 1. The molecule has 6 rings (SSSR count). The van der Waals surface area contributed by atoms with Crippen molar-refractivity contribution in [3.63, 3.8) is 0 Å². The molecular formula is C28H34N8O5S. The third kappa shape index (κ3) is 5.81. The van der Waals surface area contributed by atoms with Gasteiger partial charge < -0.3 is 15.2 Å². The van der Waals surface area contributed by atoms with Gasteiger partial charge in [-0.15, -0.1) is 0 Å². The van der Waals surface area contributed by atoms with Crippen LogP contribution in [0.1, 0.15) is 68.8 Å². The van der Waals surface area contributed by atoms with Gasteiger partial charge in [-0.1, -0.05) is 19.8 Å². The molecule has 42 heavy (non-hydrogen) atoms. The average Bonchev–Trinajstić information content (AvgIpc) is 3.74. The van der Waals surface area contributed by atoms with Gasteiger partial charge in [0.05, 0.1) is 41.9 Å². The lowest BCUT2D eigenvalue weighted by Crippen LogP contribution is -2.28. The van der Waals surface area contributed by atoms with Crippen LogP contribution in [0.4, 0.5) is 5.82 Å². The third-order valence-corrected chi connectivity index (χ3v) is 9.24. The van der Waals surface area contributed by atoms with Crippen molar-refractivity contribution in [1.29, 1.82) is 0 Å². The smallest absolute Gasteiger partial charge is 0.295 e. The first-order valence-corrected chi connectivity index (χ1v) is 15.6. The number of aliphatic hydroxyl groups excluding tert-OH is 1. The molecule has 0 radical (unpaired) electrons. The molecular weight excluding hydrogens is 560 g/mol. The van der Waals surface area contributed by atoms with Gasteiger partial charge in [-0.2, -0.15) is 0 Å². The van der Waals surface area contributed by atoms with Gasteiger partial charge in [0.1, 0.15) is 17.4 Å². The molecule has 222 valence electrons. The topological polar surface area (TPSA) is 175 Å². The predicted molar refractivity (Wildman–Crippen MR) is 156 cm³/mol. The standard InChI is InChI=1S/C27H30N8O4S.CH4O/c1-3-40(37,38)19-11-10-17(28-13-19)12-29-24-27(36)35(18-6-4-5-7-18)25-20(33-24)14-30-23(34-25)21-22(16-8-9-16)31-15-32-26(21)39-2;1-2/h10-11,13-16,18H,3-9,12H2,1-2H3,(H,29,33);2H,1H3. The Morgan fingerprint density at radius 2 is 1.79 bits per heavy atom. The fraction of sp³-hybridized carbons (Fsp3) is 0.464. The summed E-state index contributed by atoms with van der Waals surface area (Å²) in [6, 6.07) is 3.16. The van der Waals surface area contributed by atoms with Crippen molar-refractivity contribution in [3.8, 4) is 17.3 Å². The average molecular weight is 595 g/mol. The van der Waals surface area contributed by atoms with Crippen molar-refractivity contribution >= 4 is 26.8 Å².